The van der Waals surface area contributed by atoms with E-state index in [0.717, 1.165) is 11.8 Å². The number of imidazole rings is 1. The Bertz CT molecular complexity index is 346. The quantitative estimate of drug-likeness (QED) is 0.746. The van der Waals surface area contributed by atoms with Gasteiger partial charge in [-0.3, -0.25) is 0 Å². The van der Waals surface area contributed by atoms with Crippen LogP contribution in [0.15, 0.2) is 12.5 Å². The molecule has 0 atom stereocenters. The highest BCUT2D eigenvalue weighted by Gasteiger charge is 2.26. The summed E-state index contributed by atoms with van der Waals surface area (Å²) in [6.07, 6.45) is 17.1. The van der Waals surface area contributed by atoms with E-state index in [-0.39, 0.29) is 0 Å². The first kappa shape index (κ1) is 11.3. The van der Waals surface area contributed by atoms with Crippen LogP contribution in [0.25, 0.3) is 0 Å². The van der Waals surface area contributed by atoms with Crippen molar-refractivity contribution in [3.63, 3.8) is 0 Å². The Kier molecular flexibility index (Phi) is 3.49. The van der Waals surface area contributed by atoms with E-state index in [2.05, 4.69) is 15.7 Å². The van der Waals surface area contributed by atoms with Crippen molar-refractivity contribution in [2.75, 3.05) is 0 Å². The lowest BCUT2D eigenvalue weighted by Crippen LogP contribution is -2.08. The molecule has 3 rings (SSSR count). The molecule has 0 amide bonds. The van der Waals surface area contributed by atoms with Gasteiger partial charge in [0.1, 0.15) is 0 Å². The molecule has 0 bridgehead atoms. The molecule has 0 saturated heterocycles. The molecule has 1 aromatic rings. The summed E-state index contributed by atoms with van der Waals surface area (Å²) in [7, 11) is 0. The van der Waals surface area contributed by atoms with Gasteiger partial charge in [-0.15, -0.1) is 0 Å². The molecule has 17 heavy (non-hydrogen) atoms. The van der Waals surface area contributed by atoms with E-state index in [4.69, 9.17) is 0 Å². The minimum absolute atomic E-state index is 0.840. The van der Waals surface area contributed by atoms with Gasteiger partial charge in [-0.05, 0) is 31.6 Å². The molecule has 1 aromatic heterocycles. The van der Waals surface area contributed by atoms with Gasteiger partial charge in [-0.25, -0.2) is 4.98 Å². The number of aromatic nitrogens is 2. The van der Waals surface area contributed by atoms with Crippen LogP contribution in [0.4, 0.5) is 0 Å². The third-order valence-electron chi connectivity index (χ3n) is 4.48. The molecule has 2 heteroatoms. The van der Waals surface area contributed by atoms with E-state index in [1.165, 1.54) is 70.0 Å². The van der Waals surface area contributed by atoms with Crippen LogP contribution >= 0.6 is 0 Å². The zero-order valence-electron chi connectivity index (χ0n) is 10.8. The largest absolute Gasteiger partial charge is 0.334 e. The number of hydrogen-bond acceptors (Lipinski definition) is 1. The zero-order chi connectivity index (χ0) is 11.5. The molecule has 2 nitrogen and oxygen atoms in total. The molecule has 0 aromatic carbocycles. The van der Waals surface area contributed by atoms with Crippen LogP contribution in [0.1, 0.15) is 69.4 Å². The molecular formula is C15H24N2. The summed E-state index contributed by atoms with van der Waals surface area (Å²) in [5, 5.41) is 0. The Morgan fingerprint density at radius 1 is 1.12 bits per heavy atom. The molecule has 0 spiro atoms. The zero-order valence-corrected chi connectivity index (χ0v) is 10.8. The third-order valence-corrected chi connectivity index (χ3v) is 4.48. The maximum atomic E-state index is 4.31. The summed E-state index contributed by atoms with van der Waals surface area (Å²) in [5.74, 6) is 1.86. The summed E-state index contributed by atoms with van der Waals surface area (Å²) in [6, 6.07) is 0. The first-order valence-electron chi connectivity index (χ1n) is 7.43. The molecule has 94 valence electrons. The van der Waals surface area contributed by atoms with Crippen LogP contribution in [0.2, 0.25) is 0 Å². The van der Waals surface area contributed by atoms with Crippen molar-refractivity contribution in [3.8, 4) is 0 Å². The average molecular weight is 232 g/mol. The normalized spacial score (nSPS) is 21.9. The first-order valence-corrected chi connectivity index (χ1v) is 7.43. The molecule has 2 aliphatic rings. The topological polar surface area (TPSA) is 17.8 Å². The Morgan fingerprint density at radius 2 is 1.94 bits per heavy atom. The number of hydrogen-bond donors (Lipinski definition) is 0. The van der Waals surface area contributed by atoms with E-state index >= 15 is 0 Å². The highest BCUT2D eigenvalue weighted by atomic mass is 15.0. The maximum absolute atomic E-state index is 4.31. The molecule has 2 fully saturated rings. The van der Waals surface area contributed by atoms with Gasteiger partial charge in [-0.1, -0.05) is 32.1 Å². The predicted octanol–water partition coefficient (Wildman–Crippen LogP) is 4.12. The Hall–Kier alpha value is -0.790. The van der Waals surface area contributed by atoms with E-state index in [1.807, 2.05) is 6.33 Å². The third kappa shape index (κ3) is 2.91. The highest BCUT2D eigenvalue weighted by Crippen LogP contribution is 2.39. The van der Waals surface area contributed by atoms with Crippen molar-refractivity contribution in [1.82, 2.24) is 9.55 Å². The molecule has 0 aliphatic heterocycles. The van der Waals surface area contributed by atoms with E-state index in [0.29, 0.717) is 0 Å². The van der Waals surface area contributed by atoms with Gasteiger partial charge in [-0.2, -0.15) is 0 Å². The number of aryl methyl sites for hydroxylation is 1. The van der Waals surface area contributed by atoms with Crippen LogP contribution in [0.5, 0.6) is 0 Å². The first-order chi connectivity index (χ1) is 8.43. The lowest BCUT2D eigenvalue weighted by Gasteiger charge is -2.21. The molecule has 2 aliphatic carbocycles. The fraction of sp³-hybridized carbons (Fsp3) is 0.800. The molecule has 0 radical (unpaired) electrons. The van der Waals surface area contributed by atoms with Crippen molar-refractivity contribution in [3.05, 3.63) is 18.2 Å². The average Bonchev–Trinajstić information content (AvgIpc) is 3.11. The smallest absolute Gasteiger partial charge is 0.0948 e. The highest BCUT2D eigenvalue weighted by molar-refractivity contribution is 5.12. The predicted molar refractivity (Wildman–Crippen MR) is 70.0 cm³/mol. The van der Waals surface area contributed by atoms with Crippen LogP contribution in [0, 0.1) is 5.92 Å². The van der Waals surface area contributed by atoms with Gasteiger partial charge >= 0.3 is 0 Å². The second kappa shape index (κ2) is 5.24. The standard InChI is InChI=1S/C15H24N2/c1-2-5-13(6-3-1)7-4-10-17-12-16-11-15(17)14-8-9-14/h11-14H,1-10H2. The Labute approximate surface area is 104 Å². The van der Waals surface area contributed by atoms with Crippen LogP contribution < -0.4 is 0 Å². The summed E-state index contributed by atoms with van der Waals surface area (Å²) >= 11 is 0. The van der Waals surface area contributed by atoms with Gasteiger partial charge in [0.05, 0.1) is 6.33 Å². The second-order valence-corrected chi connectivity index (χ2v) is 5.93. The molecule has 2 saturated carbocycles. The van der Waals surface area contributed by atoms with Crippen LogP contribution in [0.3, 0.4) is 0 Å². The lowest BCUT2D eigenvalue weighted by atomic mass is 9.86. The van der Waals surface area contributed by atoms with E-state index < -0.39 is 0 Å². The SMILES string of the molecule is c1ncn(CCCC2CCCCC2)c1C1CC1. The van der Waals surface area contributed by atoms with Gasteiger partial charge in [0, 0.05) is 24.4 Å². The Morgan fingerprint density at radius 3 is 2.71 bits per heavy atom. The van der Waals surface area contributed by atoms with Crippen molar-refractivity contribution in [1.29, 1.82) is 0 Å². The molecule has 0 unspecified atom stereocenters. The maximum Gasteiger partial charge on any atom is 0.0948 e. The second-order valence-electron chi connectivity index (χ2n) is 5.93. The van der Waals surface area contributed by atoms with Gasteiger partial charge in [0.2, 0.25) is 0 Å². The Balaban J connectivity index is 1.45. The van der Waals surface area contributed by atoms with Crippen molar-refractivity contribution >= 4 is 0 Å². The molecular weight excluding hydrogens is 208 g/mol. The molecule has 1 heterocycles. The van der Waals surface area contributed by atoms with Gasteiger partial charge < -0.3 is 4.57 Å². The van der Waals surface area contributed by atoms with Crippen molar-refractivity contribution in [2.45, 2.75) is 70.3 Å². The minimum Gasteiger partial charge on any atom is -0.334 e. The number of nitrogens with zero attached hydrogens (tertiary/aromatic N) is 2. The summed E-state index contributed by atoms with van der Waals surface area (Å²) in [4.78, 5) is 4.31. The lowest BCUT2D eigenvalue weighted by molar-refractivity contribution is 0.325. The van der Waals surface area contributed by atoms with Crippen LogP contribution in [-0.4, -0.2) is 9.55 Å². The van der Waals surface area contributed by atoms with Crippen molar-refractivity contribution < 1.29 is 0 Å². The monoisotopic (exact) mass is 232 g/mol. The van der Waals surface area contributed by atoms with E-state index in [1.54, 1.807) is 0 Å². The summed E-state index contributed by atoms with van der Waals surface area (Å²) < 4.78 is 2.40. The van der Waals surface area contributed by atoms with Crippen LogP contribution in [-0.2, 0) is 6.54 Å². The number of rotatable bonds is 5. The van der Waals surface area contributed by atoms with Crippen molar-refractivity contribution in [2.24, 2.45) is 5.92 Å². The van der Waals surface area contributed by atoms with Gasteiger partial charge in [0.15, 0.2) is 0 Å². The van der Waals surface area contributed by atoms with Gasteiger partial charge in [0.25, 0.3) is 0 Å². The van der Waals surface area contributed by atoms with E-state index in [9.17, 15) is 0 Å². The summed E-state index contributed by atoms with van der Waals surface area (Å²) in [6.45, 7) is 1.20. The summed E-state index contributed by atoms with van der Waals surface area (Å²) in [5.41, 5.74) is 1.49. The fourth-order valence-corrected chi connectivity index (χ4v) is 3.26. The fourth-order valence-electron chi connectivity index (χ4n) is 3.26. The minimum atomic E-state index is 0.840. The molecule has 0 N–H and O–H groups in total.